The minimum absolute atomic E-state index is 0.133. The molecule has 0 saturated carbocycles. The van der Waals surface area contributed by atoms with Crippen LogP contribution < -0.4 is 10.2 Å². The van der Waals surface area contributed by atoms with E-state index in [4.69, 9.17) is 0 Å². The van der Waals surface area contributed by atoms with Crippen LogP contribution in [-0.2, 0) is 11.2 Å². The number of nitrogens with one attached hydrogen (secondary N) is 1. The van der Waals surface area contributed by atoms with Crippen LogP contribution in [0.3, 0.4) is 0 Å². The number of carboxylic acid groups (broad SMARTS) is 1. The maximum atomic E-state index is 12.8. The molecule has 0 aliphatic carbocycles. The minimum Gasteiger partial charge on any atom is -0.465 e. The summed E-state index contributed by atoms with van der Waals surface area (Å²) in [5.74, 6) is -0.133. The molecule has 1 aromatic heterocycles. The van der Waals surface area contributed by atoms with Gasteiger partial charge in [0.1, 0.15) is 5.69 Å². The lowest BCUT2D eigenvalue weighted by atomic mass is 9.78. The van der Waals surface area contributed by atoms with Crippen LogP contribution >= 0.6 is 0 Å². The summed E-state index contributed by atoms with van der Waals surface area (Å²) < 4.78 is 0. The van der Waals surface area contributed by atoms with Gasteiger partial charge in [0.05, 0.1) is 23.1 Å². The highest BCUT2D eigenvalue weighted by atomic mass is 16.4. The number of fused-ring (bicyclic) bond motifs is 3. The Hall–Kier alpha value is -4.04. The highest BCUT2D eigenvalue weighted by Crippen LogP contribution is 2.43. The molecule has 6 rings (SSSR count). The molecule has 0 unspecified atom stereocenters. The topological polar surface area (TPSA) is 103 Å². The quantitative estimate of drug-likeness (QED) is 0.380. The standard InChI is InChI=1S/C30H32N4O4/c35-21-25-11-10-24(20-31-25)32-28(36)8-4-5-22-9-12-26(23-6-2-1-3-7-23)27(19-22)34(29(37)38)30-13-16-33(17-14-30)18-15-30/h1-3,6-7,9-12,19-21H,4-5,8,13-18H2,(H,32,36)(H,37,38). The number of carbonyl (C=O) groups is 3. The van der Waals surface area contributed by atoms with Crippen molar-refractivity contribution in [3.63, 3.8) is 0 Å². The molecular weight excluding hydrogens is 480 g/mol. The predicted molar refractivity (Wildman–Crippen MR) is 147 cm³/mol. The fourth-order valence-corrected chi connectivity index (χ4v) is 5.71. The molecule has 2 amide bonds. The number of aryl methyl sites for hydroxylation is 1. The molecule has 3 fully saturated rings. The van der Waals surface area contributed by atoms with Crippen molar-refractivity contribution < 1.29 is 19.5 Å². The fraction of sp³-hybridized carbons (Fsp3) is 0.333. The molecule has 0 radical (unpaired) electrons. The van der Waals surface area contributed by atoms with E-state index >= 15 is 0 Å². The zero-order valence-electron chi connectivity index (χ0n) is 21.3. The average Bonchev–Trinajstić information content (AvgIpc) is 2.95. The molecule has 196 valence electrons. The van der Waals surface area contributed by atoms with Gasteiger partial charge in [0.25, 0.3) is 0 Å². The number of piperidine rings is 3. The predicted octanol–water partition coefficient (Wildman–Crippen LogP) is 5.25. The molecule has 3 aliphatic heterocycles. The highest BCUT2D eigenvalue weighted by molar-refractivity contribution is 5.95. The number of aromatic nitrogens is 1. The number of amides is 2. The molecule has 8 heteroatoms. The summed E-state index contributed by atoms with van der Waals surface area (Å²) in [5.41, 5.74) is 4.08. The number of anilines is 2. The first-order chi connectivity index (χ1) is 18.5. The number of aldehydes is 1. The molecule has 2 bridgehead atoms. The van der Waals surface area contributed by atoms with Crippen molar-refractivity contribution in [3.8, 4) is 11.1 Å². The van der Waals surface area contributed by atoms with Gasteiger partial charge >= 0.3 is 6.09 Å². The first-order valence-electron chi connectivity index (χ1n) is 13.1. The van der Waals surface area contributed by atoms with Gasteiger partial charge in [-0.1, -0.05) is 42.5 Å². The molecule has 0 spiro atoms. The summed E-state index contributed by atoms with van der Waals surface area (Å²) in [5, 5.41) is 13.3. The Morgan fingerprint density at radius 2 is 1.76 bits per heavy atom. The minimum atomic E-state index is -0.914. The zero-order valence-corrected chi connectivity index (χ0v) is 21.3. The van der Waals surface area contributed by atoms with Crippen molar-refractivity contribution >= 4 is 29.7 Å². The second-order valence-corrected chi connectivity index (χ2v) is 10.1. The number of hydrogen-bond acceptors (Lipinski definition) is 5. The van der Waals surface area contributed by atoms with Gasteiger partial charge in [0, 0.05) is 31.6 Å². The van der Waals surface area contributed by atoms with Crippen molar-refractivity contribution in [2.45, 2.75) is 44.1 Å². The Bertz CT molecular complexity index is 1290. The van der Waals surface area contributed by atoms with E-state index in [0.29, 0.717) is 36.9 Å². The second-order valence-electron chi connectivity index (χ2n) is 10.1. The molecule has 2 N–H and O–H groups in total. The van der Waals surface area contributed by atoms with E-state index in [1.54, 1.807) is 17.0 Å². The van der Waals surface area contributed by atoms with E-state index in [2.05, 4.69) is 15.2 Å². The van der Waals surface area contributed by atoms with Gasteiger partial charge in [0.15, 0.2) is 6.29 Å². The van der Waals surface area contributed by atoms with Crippen molar-refractivity contribution in [3.05, 3.63) is 78.1 Å². The van der Waals surface area contributed by atoms with E-state index in [-0.39, 0.29) is 5.91 Å². The van der Waals surface area contributed by atoms with E-state index in [1.807, 2.05) is 48.5 Å². The third kappa shape index (κ3) is 5.45. The molecule has 8 nitrogen and oxygen atoms in total. The van der Waals surface area contributed by atoms with Crippen LogP contribution in [0.25, 0.3) is 11.1 Å². The normalized spacial score (nSPS) is 20.1. The first-order valence-corrected chi connectivity index (χ1v) is 13.1. The Morgan fingerprint density at radius 3 is 2.39 bits per heavy atom. The lowest BCUT2D eigenvalue weighted by Crippen LogP contribution is -2.62. The van der Waals surface area contributed by atoms with Gasteiger partial charge in [-0.05, 0) is 61.4 Å². The van der Waals surface area contributed by atoms with Crippen LogP contribution in [0.1, 0.15) is 48.2 Å². The molecule has 2 aromatic carbocycles. The van der Waals surface area contributed by atoms with Crippen molar-refractivity contribution in [1.29, 1.82) is 0 Å². The maximum Gasteiger partial charge on any atom is 0.412 e. The summed E-state index contributed by atoms with van der Waals surface area (Å²) in [6.07, 6.45) is 5.28. The summed E-state index contributed by atoms with van der Waals surface area (Å²) in [6, 6.07) is 19.2. The lowest BCUT2D eigenvalue weighted by Gasteiger charge is -2.53. The van der Waals surface area contributed by atoms with E-state index in [1.165, 1.54) is 6.20 Å². The summed E-state index contributed by atoms with van der Waals surface area (Å²) in [7, 11) is 0. The van der Waals surface area contributed by atoms with Gasteiger partial charge in [0.2, 0.25) is 5.91 Å². The smallest absolute Gasteiger partial charge is 0.412 e. The number of pyridine rings is 1. The summed E-state index contributed by atoms with van der Waals surface area (Å²) in [4.78, 5) is 44.1. The SMILES string of the molecule is O=Cc1ccc(NC(=O)CCCc2ccc(-c3ccccc3)c(N(C(=O)O)C34CCN(CC3)CC4)c2)cn1. The van der Waals surface area contributed by atoms with Gasteiger partial charge in [-0.15, -0.1) is 0 Å². The maximum absolute atomic E-state index is 12.8. The van der Waals surface area contributed by atoms with Gasteiger partial charge < -0.3 is 15.3 Å². The third-order valence-electron chi connectivity index (χ3n) is 7.79. The number of nitrogens with zero attached hydrogens (tertiary/aromatic N) is 3. The third-order valence-corrected chi connectivity index (χ3v) is 7.79. The van der Waals surface area contributed by atoms with Crippen LogP contribution in [0.15, 0.2) is 66.9 Å². The molecule has 0 atom stereocenters. The monoisotopic (exact) mass is 512 g/mol. The zero-order chi connectivity index (χ0) is 26.5. The Labute approximate surface area is 222 Å². The summed E-state index contributed by atoms with van der Waals surface area (Å²) >= 11 is 0. The Kier molecular flexibility index (Phi) is 7.51. The van der Waals surface area contributed by atoms with Gasteiger partial charge in [-0.3, -0.25) is 19.5 Å². The van der Waals surface area contributed by atoms with Crippen LogP contribution in [0.5, 0.6) is 0 Å². The molecule has 3 aromatic rings. The Morgan fingerprint density at radius 1 is 1.03 bits per heavy atom. The van der Waals surface area contributed by atoms with E-state index in [0.717, 1.165) is 61.3 Å². The largest absolute Gasteiger partial charge is 0.465 e. The number of hydrogen-bond donors (Lipinski definition) is 2. The van der Waals surface area contributed by atoms with Crippen LogP contribution in [0.4, 0.5) is 16.2 Å². The average molecular weight is 513 g/mol. The van der Waals surface area contributed by atoms with Crippen molar-refractivity contribution in [2.24, 2.45) is 0 Å². The molecule has 3 aliphatic rings. The lowest BCUT2D eigenvalue weighted by molar-refractivity contribution is -0.116. The number of carbonyl (C=O) groups excluding carboxylic acids is 2. The van der Waals surface area contributed by atoms with E-state index < -0.39 is 11.6 Å². The summed E-state index contributed by atoms with van der Waals surface area (Å²) in [6.45, 7) is 2.77. The molecule has 38 heavy (non-hydrogen) atoms. The van der Waals surface area contributed by atoms with Crippen molar-refractivity contribution in [2.75, 3.05) is 29.9 Å². The molecular formula is C30H32N4O4. The van der Waals surface area contributed by atoms with Gasteiger partial charge in [-0.25, -0.2) is 4.79 Å². The molecule has 3 saturated heterocycles. The van der Waals surface area contributed by atoms with Crippen LogP contribution in [0.2, 0.25) is 0 Å². The first kappa shape index (κ1) is 25.6. The fourth-order valence-electron chi connectivity index (χ4n) is 5.71. The van der Waals surface area contributed by atoms with Crippen molar-refractivity contribution in [1.82, 2.24) is 9.88 Å². The second kappa shape index (κ2) is 11.1. The Balaban J connectivity index is 1.36. The van der Waals surface area contributed by atoms with Gasteiger partial charge in [-0.2, -0.15) is 0 Å². The number of benzene rings is 2. The van der Waals surface area contributed by atoms with Crippen LogP contribution in [0, 0.1) is 0 Å². The number of rotatable bonds is 9. The highest BCUT2D eigenvalue weighted by Gasteiger charge is 2.47. The molecule has 4 heterocycles. The van der Waals surface area contributed by atoms with Crippen LogP contribution in [-0.4, -0.2) is 58.5 Å². The van der Waals surface area contributed by atoms with E-state index in [9.17, 15) is 19.5 Å².